The molecule has 0 aromatic heterocycles. The lowest BCUT2D eigenvalue weighted by atomic mass is 10.00. The maximum absolute atomic E-state index is 13.1. The van der Waals surface area contributed by atoms with Crippen LogP contribution in [0.2, 0.25) is 0 Å². The van der Waals surface area contributed by atoms with Gasteiger partial charge in [0.05, 0.1) is 44.9 Å². The second-order valence-corrected chi connectivity index (χ2v) is 18.1. The van der Waals surface area contributed by atoms with Gasteiger partial charge in [0.1, 0.15) is 24.4 Å². The minimum Gasteiger partial charge on any atom is -0.379 e. The Kier molecular flexibility index (Phi) is 26.6. The van der Waals surface area contributed by atoms with Crippen LogP contribution in [0.15, 0.2) is 101 Å². The van der Waals surface area contributed by atoms with Gasteiger partial charge in [0.2, 0.25) is 0 Å². The molecule has 0 aliphatic carbocycles. The van der Waals surface area contributed by atoms with Crippen molar-refractivity contribution in [2.75, 3.05) is 33.5 Å². The molecule has 3 aromatic carbocycles. The zero-order chi connectivity index (χ0) is 44.0. The molecule has 1 heterocycles. The van der Waals surface area contributed by atoms with Gasteiger partial charge < -0.3 is 33.2 Å². The van der Waals surface area contributed by atoms with Crippen LogP contribution in [0, 0.1) is 0 Å². The molecular weight excluding hydrogens is 797 g/mol. The molecule has 1 saturated heterocycles. The largest absolute Gasteiger partial charge is 0.379 e. The van der Waals surface area contributed by atoms with Crippen molar-refractivity contribution in [3.05, 3.63) is 118 Å². The maximum atomic E-state index is 13.1. The van der Waals surface area contributed by atoms with E-state index in [1.165, 1.54) is 95.2 Å². The first-order chi connectivity index (χ1) is 30.4. The Balaban J connectivity index is 1.41. The molecule has 0 N–H and O–H groups in total. The van der Waals surface area contributed by atoms with E-state index in [4.69, 9.17) is 33.2 Å². The van der Waals surface area contributed by atoms with Crippen molar-refractivity contribution >= 4 is 17.5 Å². The van der Waals surface area contributed by atoms with E-state index >= 15 is 0 Å². The number of carbonyl (C=O) groups is 1. The quantitative estimate of drug-likeness (QED) is 0.0430. The molecule has 8 nitrogen and oxygen atoms in total. The Morgan fingerprint density at radius 2 is 1.08 bits per heavy atom. The fourth-order valence-corrected chi connectivity index (χ4v) is 9.05. The number of unbranched alkanes of at least 4 members (excludes halogenated alkanes) is 13. The molecule has 0 bridgehead atoms. The van der Waals surface area contributed by atoms with Crippen molar-refractivity contribution in [3.63, 3.8) is 0 Å². The fourth-order valence-electron chi connectivity index (χ4n) is 7.75. The van der Waals surface area contributed by atoms with Gasteiger partial charge in [-0.25, -0.2) is 0 Å². The molecule has 1 aliphatic rings. The number of thioether (sulfide) groups is 1. The smallest absolute Gasteiger partial charge is 0.173 e. The number of ketones is 1. The number of benzene rings is 3. The second-order valence-electron chi connectivity index (χ2n) is 16.9. The highest BCUT2D eigenvalue weighted by atomic mass is 32.2. The highest BCUT2D eigenvalue weighted by molar-refractivity contribution is 8.04. The van der Waals surface area contributed by atoms with Crippen LogP contribution in [-0.2, 0) is 57.8 Å². The summed E-state index contributed by atoms with van der Waals surface area (Å²) >= 11 is 1.44. The highest BCUT2D eigenvalue weighted by Gasteiger charge is 2.49. The van der Waals surface area contributed by atoms with Crippen LogP contribution in [0.1, 0.15) is 134 Å². The van der Waals surface area contributed by atoms with Crippen LogP contribution in [0.5, 0.6) is 0 Å². The molecular formula is C53H78O8S. The van der Waals surface area contributed by atoms with E-state index in [0.29, 0.717) is 37.9 Å². The average Bonchev–Trinajstić information content (AvgIpc) is 3.29. The van der Waals surface area contributed by atoms with Crippen LogP contribution in [0.4, 0.5) is 0 Å². The number of carbonyl (C=O) groups excluding carboxylic acids is 1. The predicted molar refractivity (Wildman–Crippen MR) is 253 cm³/mol. The van der Waals surface area contributed by atoms with Gasteiger partial charge >= 0.3 is 0 Å². The topological polar surface area (TPSA) is 81.7 Å². The van der Waals surface area contributed by atoms with Gasteiger partial charge in [0.15, 0.2) is 12.1 Å². The molecule has 0 amide bonds. The Hall–Kier alpha value is -2.86. The molecule has 6 atom stereocenters. The first-order valence-electron chi connectivity index (χ1n) is 23.5. The van der Waals surface area contributed by atoms with Crippen LogP contribution in [-0.4, -0.2) is 75.3 Å². The van der Waals surface area contributed by atoms with Gasteiger partial charge in [-0.05, 0) is 43.9 Å². The van der Waals surface area contributed by atoms with E-state index in [1.54, 1.807) is 14.0 Å². The lowest BCUT2D eigenvalue weighted by molar-refractivity contribution is -0.279. The third-order valence-electron chi connectivity index (χ3n) is 11.3. The second kappa shape index (κ2) is 31.9. The summed E-state index contributed by atoms with van der Waals surface area (Å²) in [5.41, 5.74) is 4.05. The van der Waals surface area contributed by atoms with Crippen molar-refractivity contribution in [2.24, 2.45) is 0 Å². The molecule has 0 saturated carbocycles. The van der Waals surface area contributed by atoms with E-state index in [9.17, 15) is 4.79 Å². The Labute approximate surface area is 379 Å². The van der Waals surface area contributed by atoms with Crippen LogP contribution in [0.3, 0.4) is 0 Å². The lowest BCUT2D eigenvalue weighted by Gasteiger charge is -2.46. The Bertz CT molecular complexity index is 1600. The van der Waals surface area contributed by atoms with Crippen molar-refractivity contribution in [1.29, 1.82) is 0 Å². The SMILES string of the molecule is CCCCCCCCCCCCCCCCOC[C@H](CO[C@@H]1O[C@H](COCc2ccccc2)[C@@H](OCc2ccccc2)[C@H](OCc2ccccc2)[C@H]1SC(C(C)=O)=C(C)C)OC. The Morgan fingerprint density at radius 1 is 0.597 bits per heavy atom. The molecule has 0 unspecified atom stereocenters. The molecule has 9 heteroatoms. The summed E-state index contributed by atoms with van der Waals surface area (Å²) in [6.07, 6.45) is 15.8. The van der Waals surface area contributed by atoms with Gasteiger partial charge in [-0.3, -0.25) is 4.79 Å². The molecule has 1 aliphatic heterocycles. The zero-order valence-electron chi connectivity index (χ0n) is 38.6. The third-order valence-corrected chi connectivity index (χ3v) is 13.0. The molecule has 1 fully saturated rings. The van der Waals surface area contributed by atoms with Gasteiger partial charge in [-0.2, -0.15) is 0 Å². The monoisotopic (exact) mass is 875 g/mol. The number of methoxy groups -OCH3 is 1. The zero-order valence-corrected chi connectivity index (χ0v) is 39.5. The van der Waals surface area contributed by atoms with E-state index in [-0.39, 0.29) is 25.1 Å². The summed E-state index contributed by atoms with van der Waals surface area (Å²) in [7, 11) is 1.69. The molecule has 0 radical (unpaired) electrons. The molecule has 4 rings (SSSR count). The molecule has 0 spiro atoms. The number of hydrogen-bond donors (Lipinski definition) is 0. The van der Waals surface area contributed by atoms with E-state index in [1.807, 2.05) is 92.7 Å². The minimum absolute atomic E-state index is 0.0164. The van der Waals surface area contributed by atoms with Crippen molar-refractivity contribution in [2.45, 2.75) is 173 Å². The van der Waals surface area contributed by atoms with Gasteiger partial charge in [0, 0.05) is 18.6 Å². The molecule has 344 valence electrons. The highest BCUT2D eigenvalue weighted by Crippen LogP contribution is 2.40. The van der Waals surface area contributed by atoms with E-state index in [2.05, 4.69) is 19.1 Å². The Morgan fingerprint density at radius 3 is 1.56 bits per heavy atom. The van der Waals surface area contributed by atoms with Crippen LogP contribution >= 0.6 is 11.8 Å². The molecule has 3 aromatic rings. The minimum atomic E-state index is -0.778. The van der Waals surface area contributed by atoms with Gasteiger partial charge in [-0.15, -0.1) is 11.8 Å². The van der Waals surface area contributed by atoms with E-state index < -0.39 is 29.9 Å². The summed E-state index contributed by atoms with van der Waals surface area (Å²) in [5.74, 6) is -0.0164. The van der Waals surface area contributed by atoms with Crippen molar-refractivity contribution in [1.82, 2.24) is 0 Å². The summed E-state index contributed by atoms with van der Waals surface area (Å²) in [6.45, 7) is 10.5. The predicted octanol–water partition coefficient (Wildman–Crippen LogP) is 12.6. The normalized spacial score (nSPS) is 19.3. The van der Waals surface area contributed by atoms with Crippen LogP contribution < -0.4 is 0 Å². The lowest BCUT2D eigenvalue weighted by Crippen LogP contribution is -2.60. The van der Waals surface area contributed by atoms with Crippen molar-refractivity contribution in [3.8, 4) is 0 Å². The third kappa shape index (κ3) is 20.3. The van der Waals surface area contributed by atoms with Gasteiger partial charge in [-0.1, -0.05) is 187 Å². The van der Waals surface area contributed by atoms with E-state index in [0.717, 1.165) is 28.7 Å². The van der Waals surface area contributed by atoms with Crippen LogP contribution in [0.25, 0.3) is 0 Å². The summed E-state index contributed by atoms with van der Waals surface area (Å²) in [4.78, 5) is 13.8. The number of Topliss-reactive ketones (excluding diaryl/α,β-unsaturated/α-hetero) is 1. The number of rotatable bonds is 34. The summed E-state index contributed by atoms with van der Waals surface area (Å²) in [6, 6.07) is 30.3. The van der Waals surface area contributed by atoms with Crippen molar-refractivity contribution < 1.29 is 38.0 Å². The maximum Gasteiger partial charge on any atom is 0.173 e. The number of allylic oxidation sites excluding steroid dienone is 2. The number of ether oxygens (including phenoxy) is 7. The van der Waals surface area contributed by atoms with Gasteiger partial charge in [0.25, 0.3) is 0 Å². The average molecular weight is 875 g/mol. The summed E-state index contributed by atoms with van der Waals surface area (Å²) in [5, 5.41) is -0.465. The molecule has 62 heavy (non-hydrogen) atoms. The summed E-state index contributed by atoms with van der Waals surface area (Å²) < 4.78 is 45.7. The fraction of sp³-hybridized carbons (Fsp3) is 0.604. The first-order valence-corrected chi connectivity index (χ1v) is 24.4. The first kappa shape index (κ1) is 51.8. The standard InChI is InChI=1S/C53H78O8S/c1-6-7-8-9-10-11-12-13-14-15-16-17-18-28-35-56-39-47(55-5)40-60-53-52(62-51(42(2)3)43(4)54)50(59-38-46-33-26-21-27-34-46)49(58-37-45-31-24-20-25-32-45)48(61-53)41-57-36-44-29-22-19-23-30-44/h19-27,29-34,47-50,52-53H,6-18,28,35-41H2,1-5H3/t47-,48-,49-,50+,52-,53-/m1/s1. The number of hydrogen-bond acceptors (Lipinski definition) is 9.